The fourth-order valence-electron chi connectivity index (χ4n) is 3.78. The molecule has 0 saturated heterocycles. The molecule has 0 saturated carbocycles. The number of anilines is 1. The molecule has 1 amide bonds. The maximum absolute atomic E-state index is 13.0. The predicted octanol–water partition coefficient (Wildman–Crippen LogP) is 4.03. The molecule has 26 heavy (non-hydrogen) atoms. The molecule has 0 radical (unpaired) electrons. The normalized spacial score (nSPS) is 16.5. The van der Waals surface area contributed by atoms with Crippen molar-refractivity contribution in [1.29, 1.82) is 0 Å². The Morgan fingerprint density at radius 1 is 1.23 bits per heavy atom. The summed E-state index contributed by atoms with van der Waals surface area (Å²) in [6.45, 7) is 3.12. The second kappa shape index (κ2) is 6.92. The molecule has 4 rings (SSSR count). The minimum atomic E-state index is -0.349. The molecule has 1 unspecified atom stereocenters. The Bertz CT molecular complexity index is 946. The molecule has 0 aliphatic heterocycles. The average molecular weight is 351 g/mol. The lowest BCUT2D eigenvalue weighted by Gasteiger charge is -2.22. The zero-order chi connectivity index (χ0) is 18.1. The number of rotatable bonds is 4. The zero-order valence-electron chi connectivity index (χ0n) is 14.7. The van der Waals surface area contributed by atoms with Crippen LogP contribution in [-0.2, 0) is 12.8 Å². The van der Waals surface area contributed by atoms with E-state index in [1.54, 1.807) is 0 Å². The predicted molar refractivity (Wildman–Crippen MR) is 102 cm³/mol. The van der Waals surface area contributed by atoms with E-state index in [9.17, 15) is 9.18 Å². The van der Waals surface area contributed by atoms with Crippen LogP contribution in [0.25, 0.3) is 10.9 Å². The van der Waals surface area contributed by atoms with E-state index < -0.39 is 0 Å². The van der Waals surface area contributed by atoms with Crippen molar-refractivity contribution >= 4 is 22.5 Å². The summed E-state index contributed by atoms with van der Waals surface area (Å²) in [6, 6.07) is 12.0. The highest BCUT2D eigenvalue weighted by atomic mass is 19.1. The molecule has 1 aliphatic carbocycles. The van der Waals surface area contributed by atoms with Gasteiger partial charge in [-0.3, -0.25) is 4.79 Å². The molecule has 0 fully saturated rings. The molecule has 3 aromatic rings. The summed E-state index contributed by atoms with van der Waals surface area (Å²) >= 11 is 0. The second-order valence-corrected chi connectivity index (χ2v) is 6.80. The summed E-state index contributed by atoms with van der Waals surface area (Å²) in [5.41, 5.74) is 4.94. The minimum absolute atomic E-state index is 0.235. The first-order chi connectivity index (χ1) is 12.6. The van der Waals surface area contributed by atoms with E-state index in [0.29, 0.717) is 11.6 Å². The number of halogens is 1. The number of H-pyrrole nitrogens is 1. The number of amides is 1. The number of likely N-dealkylation sites (N-methyl/N-ethyl adjacent to an activating group) is 1. The van der Waals surface area contributed by atoms with Crippen LogP contribution < -0.4 is 10.6 Å². The van der Waals surface area contributed by atoms with E-state index in [0.717, 1.165) is 37.0 Å². The average Bonchev–Trinajstić information content (AvgIpc) is 2.99. The Kier molecular flexibility index (Phi) is 4.47. The van der Waals surface area contributed by atoms with Crippen LogP contribution in [0.2, 0.25) is 0 Å². The number of hydrogen-bond acceptors (Lipinski definition) is 2. The van der Waals surface area contributed by atoms with Gasteiger partial charge in [0.05, 0.1) is 0 Å². The van der Waals surface area contributed by atoms with Gasteiger partial charge in [-0.05, 0) is 67.4 Å². The Labute approximate surface area is 151 Å². The summed E-state index contributed by atoms with van der Waals surface area (Å²) < 4.78 is 13.0. The largest absolute Gasteiger partial charge is 0.358 e. The van der Waals surface area contributed by atoms with Crippen LogP contribution in [0.1, 0.15) is 35.0 Å². The van der Waals surface area contributed by atoms with E-state index in [-0.39, 0.29) is 11.7 Å². The van der Waals surface area contributed by atoms with Crippen molar-refractivity contribution in [2.45, 2.75) is 32.2 Å². The van der Waals surface area contributed by atoms with E-state index >= 15 is 0 Å². The summed E-state index contributed by atoms with van der Waals surface area (Å²) in [5, 5.41) is 7.61. The Morgan fingerprint density at radius 2 is 2.04 bits per heavy atom. The van der Waals surface area contributed by atoms with Crippen LogP contribution in [0.15, 0.2) is 42.5 Å². The number of aryl methyl sites for hydroxylation is 1. The van der Waals surface area contributed by atoms with E-state index in [1.165, 1.54) is 40.9 Å². The van der Waals surface area contributed by atoms with Crippen molar-refractivity contribution in [1.82, 2.24) is 10.3 Å². The topological polar surface area (TPSA) is 56.9 Å². The van der Waals surface area contributed by atoms with Gasteiger partial charge in [0.1, 0.15) is 5.82 Å². The van der Waals surface area contributed by atoms with E-state index in [1.807, 2.05) is 18.2 Å². The molecule has 1 heterocycles. The van der Waals surface area contributed by atoms with Crippen LogP contribution >= 0.6 is 0 Å². The SMILES string of the molecule is CCNC1CCc2c([nH]c3ccc(NC(=O)c4ccc(F)cc4)cc23)C1. The highest BCUT2D eigenvalue weighted by Crippen LogP contribution is 2.31. The molecule has 134 valence electrons. The highest BCUT2D eigenvalue weighted by molar-refractivity contribution is 6.05. The summed E-state index contributed by atoms with van der Waals surface area (Å²) in [6.07, 6.45) is 3.16. The third-order valence-electron chi connectivity index (χ3n) is 5.04. The molecule has 1 aliphatic rings. The summed E-state index contributed by atoms with van der Waals surface area (Å²) in [7, 11) is 0. The lowest BCUT2D eigenvalue weighted by molar-refractivity contribution is 0.102. The van der Waals surface area contributed by atoms with Crippen molar-refractivity contribution in [2.24, 2.45) is 0 Å². The standard InChI is InChI=1S/C21H22FN3O/c1-2-23-15-7-9-17-18-11-16(8-10-19(18)25-20(17)12-15)24-21(26)13-3-5-14(22)6-4-13/h3-6,8,10-11,15,23,25H,2,7,9,12H2,1H3,(H,24,26). The zero-order valence-corrected chi connectivity index (χ0v) is 14.7. The fourth-order valence-corrected chi connectivity index (χ4v) is 3.78. The number of fused-ring (bicyclic) bond motifs is 3. The van der Waals surface area contributed by atoms with Gasteiger partial charge >= 0.3 is 0 Å². The lowest BCUT2D eigenvalue weighted by atomic mass is 9.91. The van der Waals surface area contributed by atoms with Crippen LogP contribution in [0, 0.1) is 5.82 Å². The number of hydrogen-bond donors (Lipinski definition) is 3. The quantitative estimate of drug-likeness (QED) is 0.665. The molecule has 5 heteroatoms. The van der Waals surface area contributed by atoms with Crippen LogP contribution in [0.3, 0.4) is 0 Å². The van der Waals surface area contributed by atoms with Crippen LogP contribution in [-0.4, -0.2) is 23.5 Å². The van der Waals surface area contributed by atoms with Gasteiger partial charge in [0.15, 0.2) is 0 Å². The number of benzene rings is 2. The Hall–Kier alpha value is -2.66. The number of aromatic nitrogens is 1. The number of aromatic amines is 1. The van der Waals surface area contributed by atoms with Crippen molar-refractivity contribution < 1.29 is 9.18 Å². The maximum atomic E-state index is 13.0. The Morgan fingerprint density at radius 3 is 2.81 bits per heavy atom. The van der Waals surface area contributed by atoms with Gasteiger partial charge in [-0.25, -0.2) is 4.39 Å². The van der Waals surface area contributed by atoms with Crippen molar-refractivity contribution in [3.8, 4) is 0 Å². The van der Waals surface area contributed by atoms with E-state index in [2.05, 4.69) is 22.5 Å². The molecule has 0 spiro atoms. The van der Waals surface area contributed by atoms with Gasteiger partial charge in [0.2, 0.25) is 0 Å². The number of carbonyl (C=O) groups is 1. The van der Waals surface area contributed by atoms with Gasteiger partial charge in [0.25, 0.3) is 5.91 Å². The first-order valence-corrected chi connectivity index (χ1v) is 9.08. The lowest BCUT2D eigenvalue weighted by Crippen LogP contribution is -2.34. The minimum Gasteiger partial charge on any atom is -0.358 e. The fraction of sp³-hybridized carbons (Fsp3) is 0.286. The number of carbonyl (C=O) groups excluding carboxylic acids is 1. The van der Waals surface area contributed by atoms with Crippen LogP contribution in [0.5, 0.6) is 0 Å². The number of nitrogens with one attached hydrogen (secondary N) is 3. The summed E-state index contributed by atoms with van der Waals surface area (Å²) in [4.78, 5) is 15.9. The van der Waals surface area contributed by atoms with Gasteiger partial charge < -0.3 is 15.6 Å². The van der Waals surface area contributed by atoms with Gasteiger partial charge in [-0.2, -0.15) is 0 Å². The molecule has 1 aromatic heterocycles. The first kappa shape index (κ1) is 16.8. The third-order valence-corrected chi connectivity index (χ3v) is 5.04. The third kappa shape index (κ3) is 3.22. The highest BCUT2D eigenvalue weighted by Gasteiger charge is 2.22. The molecule has 1 atom stereocenters. The monoisotopic (exact) mass is 351 g/mol. The second-order valence-electron chi connectivity index (χ2n) is 6.80. The molecule has 2 aromatic carbocycles. The molecular formula is C21H22FN3O. The van der Waals surface area contributed by atoms with Gasteiger partial charge in [0, 0.05) is 40.3 Å². The molecular weight excluding hydrogens is 329 g/mol. The summed E-state index contributed by atoms with van der Waals surface area (Å²) in [5.74, 6) is -0.584. The van der Waals surface area contributed by atoms with Crippen LogP contribution in [0.4, 0.5) is 10.1 Å². The molecule has 0 bridgehead atoms. The maximum Gasteiger partial charge on any atom is 0.255 e. The van der Waals surface area contributed by atoms with Gasteiger partial charge in [-0.1, -0.05) is 6.92 Å². The Balaban J connectivity index is 1.58. The molecule has 3 N–H and O–H groups in total. The van der Waals surface area contributed by atoms with Gasteiger partial charge in [-0.15, -0.1) is 0 Å². The van der Waals surface area contributed by atoms with Crippen molar-refractivity contribution in [2.75, 3.05) is 11.9 Å². The van der Waals surface area contributed by atoms with Crippen molar-refractivity contribution in [3.05, 3.63) is 65.1 Å². The first-order valence-electron chi connectivity index (χ1n) is 9.08. The molecule has 4 nitrogen and oxygen atoms in total. The smallest absolute Gasteiger partial charge is 0.255 e. The van der Waals surface area contributed by atoms with E-state index in [4.69, 9.17) is 0 Å². The van der Waals surface area contributed by atoms with Crippen molar-refractivity contribution in [3.63, 3.8) is 0 Å².